The Morgan fingerprint density at radius 1 is 1.37 bits per heavy atom. The van der Waals surface area contributed by atoms with Gasteiger partial charge in [0, 0.05) is 36.9 Å². The summed E-state index contributed by atoms with van der Waals surface area (Å²) in [5.41, 5.74) is 1.25. The van der Waals surface area contributed by atoms with Crippen molar-refractivity contribution in [1.29, 1.82) is 0 Å². The van der Waals surface area contributed by atoms with Crippen molar-refractivity contribution in [2.24, 2.45) is 5.92 Å². The minimum absolute atomic E-state index is 0.0501. The smallest absolute Gasteiger partial charge is 0.255 e. The molecule has 1 unspecified atom stereocenters. The molecule has 2 N–H and O–H groups in total. The normalized spacial score (nSPS) is 16.8. The zero-order valence-electron chi connectivity index (χ0n) is 15.3. The van der Waals surface area contributed by atoms with E-state index in [1.807, 2.05) is 4.90 Å². The number of hydrogen-bond donors (Lipinski definition) is 2. The maximum Gasteiger partial charge on any atom is 0.255 e. The average molecular weight is 390 g/mol. The molecule has 3 rings (SSSR count). The third kappa shape index (κ3) is 5.04. The van der Waals surface area contributed by atoms with E-state index in [4.69, 9.17) is 16.3 Å². The molecule has 0 spiro atoms. The Morgan fingerprint density at radius 3 is 2.96 bits per heavy atom. The van der Waals surface area contributed by atoms with E-state index < -0.39 is 0 Å². The molecule has 1 fully saturated rings. The van der Waals surface area contributed by atoms with Gasteiger partial charge in [-0.15, -0.1) is 0 Å². The number of aromatic amines is 1. The molecule has 2 aromatic rings. The zero-order chi connectivity index (χ0) is 19.2. The first kappa shape index (κ1) is 19.3. The molecule has 1 aliphatic rings. The van der Waals surface area contributed by atoms with Crippen LogP contribution in [0.15, 0.2) is 36.7 Å². The number of carbonyl (C=O) groups is 2. The number of methoxy groups -OCH3 is 1. The van der Waals surface area contributed by atoms with E-state index in [1.54, 1.807) is 43.8 Å². The summed E-state index contributed by atoms with van der Waals surface area (Å²) < 4.78 is 5.25. The molecular formula is C20H24ClN3O3. The lowest BCUT2D eigenvalue weighted by Gasteiger charge is -2.32. The first-order valence-electron chi connectivity index (χ1n) is 9.12. The van der Waals surface area contributed by atoms with Crippen molar-refractivity contribution < 1.29 is 14.3 Å². The fourth-order valence-corrected chi connectivity index (χ4v) is 3.62. The third-order valence-electron chi connectivity index (χ3n) is 4.87. The van der Waals surface area contributed by atoms with Gasteiger partial charge in [0.15, 0.2) is 0 Å². The van der Waals surface area contributed by atoms with Gasteiger partial charge in [0.1, 0.15) is 5.75 Å². The number of aromatic nitrogens is 1. The highest BCUT2D eigenvalue weighted by Crippen LogP contribution is 2.28. The number of ether oxygens (including phenoxy) is 1. The molecule has 0 aliphatic carbocycles. The van der Waals surface area contributed by atoms with Crippen molar-refractivity contribution >= 4 is 29.1 Å². The molecule has 1 aromatic heterocycles. The summed E-state index contributed by atoms with van der Waals surface area (Å²) in [7, 11) is 1.55. The molecule has 2 amide bonds. The van der Waals surface area contributed by atoms with Crippen LogP contribution in [0.2, 0.25) is 5.02 Å². The summed E-state index contributed by atoms with van der Waals surface area (Å²) in [6.45, 7) is 1.46. The zero-order valence-corrected chi connectivity index (χ0v) is 16.1. The van der Waals surface area contributed by atoms with Crippen LogP contribution in [0.4, 0.5) is 5.69 Å². The summed E-state index contributed by atoms with van der Waals surface area (Å²) in [6.07, 6.45) is 6.61. The second-order valence-corrected chi connectivity index (χ2v) is 7.23. The van der Waals surface area contributed by atoms with Crippen LogP contribution in [0.25, 0.3) is 0 Å². The molecule has 0 saturated carbocycles. The third-order valence-corrected chi connectivity index (χ3v) is 5.10. The standard InChI is InChI=1S/C20H24ClN3O3/c1-27-18-6-5-16(21)11-17(18)23-19(25)7-4-14-3-2-10-24(13-14)20(26)15-8-9-22-12-15/h5-6,8-9,11-12,14,22H,2-4,7,10,13H2,1H3,(H,23,25). The number of anilines is 1. The first-order valence-corrected chi connectivity index (χ1v) is 9.50. The summed E-state index contributed by atoms with van der Waals surface area (Å²) in [5, 5.41) is 3.40. The van der Waals surface area contributed by atoms with Crippen LogP contribution in [0.3, 0.4) is 0 Å². The number of hydrogen-bond acceptors (Lipinski definition) is 3. The molecule has 1 saturated heterocycles. The number of halogens is 1. The highest BCUT2D eigenvalue weighted by atomic mass is 35.5. The second-order valence-electron chi connectivity index (χ2n) is 6.79. The number of likely N-dealkylation sites (tertiary alicyclic amines) is 1. The largest absolute Gasteiger partial charge is 0.495 e. The van der Waals surface area contributed by atoms with Crippen molar-refractivity contribution in [3.8, 4) is 5.75 Å². The van der Waals surface area contributed by atoms with Gasteiger partial charge in [0.25, 0.3) is 5.91 Å². The van der Waals surface area contributed by atoms with E-state index >= 15 is 0 Å². The minimum Gasteiger partial charge on any atom is -0.495 e. The Balaban J connectivity index is 1.51. The number of benzene rings is 1. The van der Waals surface area contributed by atoms with Gasteiger partial charge in [-0.25, -0.2) is 0 Å². The van der Waals surface area contributed by atoms with Gasteiger partial charge in [0.2, 0.25) is 5.91 Å². The summed E-state index contributed by atoms with van der Waals surface area (Å²) in [4.78, 5) is 29.6. The van der Waals surface area contributed by atoms with Crippen LogP contribution >= 0.6 is 11.6 Å². The number of rotatable bonds is 6. The number of nitrogens with zero attached hydrogens (tertiary/aromatic N) is 1. The number of carbonyl (C=O) groups excluding carboxylic acids is 2. The number of amides is 2. The van der Waals surface area contributed by atoms with Crippen LogP contribution < -0.4 is 10.1 Å². The average Bonchev–Trinajstić information content (AvgIpc) is 3.21. The molecule has 7 heteroatoms. The highest BCUT2D eigenvalue weighted by Gasteiger charge is 2.25. The number of nitrogens with one attached hydrogen (secondary N) is 2. The van der Waals surface area contributed by atoms with E-state index in [0.717, 1.165) is 25.8 Å². The lowest BCUT2D eigenvalue weighted by molar-refractivity contribution is -0.116. The van der Waals surface area contributed by atoms with E-state index in [9.17, 15) is 9.59 Å². The van der Waals surface area contributed by atoms with Crippen molar-refractivity contribution in [3.63, 3.8) is 0 Å². The van der Waals surface area contributed by atoms with Crippen LogP contribution in [-0.4, -0.2) is 41.9 Å². The molecule has 1 atom stereocenters. The Hall–Kier alpha value is -2.47. The topological polar surface area (TPSA) is 74.4 Å². The molecule has 0 bridgehead atoms. The van der Waals surface area contributed by atoms with E-state index in [-0.39, 0.29) is 11.8 Å². The summed E-state index contributed by atoms with van der Waals surface area (Å²) >= 11 is 6.00. The fraction of sp³-hybridized carbons (Fsp3) is 0.400. The number of piperidine rings is 1. The molecule has 1 aliphatic heterocycles. The highest BCUT2D eigenvalue weighted by molar-refractivity contribution is 6.31. The van der Waals surface area contributed by atoms with Gasteiger partial charge in [-0.3, -0.25) is 9.59 Å². The van der Waals surface area contributed by atoms with Gasteiger partial charge in [-0.1, -0.05) is 11.6 Å². The van der Waals surface area contributed by atoms with E-state index in [2.05, 4.69) is 10.3 Å². The lowest BCUT2D eigenvalue weighted by Crippen LogP contribution is -2.40. The van der Waals surface area contributed by atoms with Crippen molar-refractivity contribution in [2.45, 2.75) is 25.7 Å². The Morgan fingerprint density at radius 2 is 2.22 bits per heavy atom. The lowest BCUT2D eigenvalue weighted by atomic mass is 9.93. The van der Waals surface area contributed by atoms with Crippen LogP contribution in [-0.2, 0) is 4.79 Å². The van der Waals surface area contributed by atoms with Gasteiger partial charge >= 0.3 is 0 Å². The summed E-state index contributed by atoms with van der Waals surface area (Å²) in [5.74, 6) is 0.876. The van der Waals surface area contributed by atoms with Crippen LogP contribution in [0.5, 0.6) is 5.75 Å². The summed E-state index contributed by atoms with van der Waals surface area (Å²) in [6, 6.07) is 6.91. The molecule has 6 nitrogen and oxygen atoms in total. The van der Waals surface area contributed by atoms with Gasteiger partial charge in [-0.2, -0.15) is 0 Å². The van der Waals surface area contributed by atoms with Crippen LogP contribution in [0.1, 0.15) is 36.0 Å². The van der Waals surface area contributed by atoms with Crippen LogP contribution in [0, 0.1) is 5.92 Å². The predicted molar refractivity (Wildman–Crippen MR) is 105 cm³/mol. The molecule has 0 radical (unpaired) electrons. The minimum atomic E-state index is -0.0790. The molecule has 2 heterocycles. The van der Waals surface area contributed by atoms with Gasteiger partial charge in [0.05, 0.1) is 18.4 Å². The van der Waals surface area contributed by atoms with Crippen molar-refractivity contribution in [2.75, 3.05) is 25.5 Å². The van der Waals surface area contributed by atoms with Crippen molar-refractivity contribution in [3.05, 3.63) is 47.2 Å². The Bertz CT molecular complexity index is 792. The monoisotopic (exact) mass is 389 g/mol. The molecular weight excluding hydrogens is 366 g/mol. The van der Waals surface area contributed by atoms with Gasteiger partial charge < -0.3 is 19.9 Å². The Labute approximate surface area is 163 Å². The number of H-pyrrole nitrogens is 1. The quantitative estimate of drug-likeness (QED) is 0.785. The molecule has 27 heavy (non-hydrogen) atoms. The van der Waals surface area contributed by atoms with Crippen molar-refractivity contribution in [1.82, 2.24) is 9.88 Å². The second kappa shape index (κ2) is 8.95. The van der Waals surface area contributed by atoms with E-state index in [1.165, 1.54) is 0 Å². The SMILES string of the molecule is COc1ccc(Cl)cc1NC(=O)CCC1CCCN(C(=O)c2cc[nH]c2)C1. The fourth-order valence-electron chi connectivity index (χ4n) is 3.45. The maximum atomic E-state index is 12.5. The first-order chi connectivity index (χ1) is 13.1. The maximum absolute atomic E-state index is 12.5. The molecule has 144 valence electrons. The van der Waals surface area contributed by atoms with Gasteiger partial charge in [-0.05, 0) is 49.4 Å². The van der Waals surface area contributed by atoms with E-state index in [0.29, 0.717) is 40.9 Å². The Kier molecular flexibility index (Phi) is 6.40. The predicted octanol–water partition coefficient (Wildman–Crippen LogP) is 3.95. The molecule has 1 aromatic carbocycles.